The van der Waals surface area contributed by atoms with E-state index in [-0.39, 0.29) is 35.4 Å². The number of halogens is 1. The van der Waals surface area contributed by atoms with Crippen molar-refractivity contribution in [2.45, 2.75) is 33.3 Å². The zero-order chi connectivity index (χ0) is 31.7. The van der Waals surface area contributed by atoms with Crippen LogP contribution in [0.25, 0.3) is 11.0 Å². The van der Waals surface area contributed by atoms with Crippen LogP contribution < -0.4 is 24.7 Å². The molecule has 1 aromatic heterocycles. The van der Waals surface area contributed by atoms with Crippen molar-refractivity contribution in [3.63, 3.8) is 0 Å². The van der Waals surface area contributed by atoms with Gasteiger partial charge in [-0.15, -0.1) is 0 Å². The maximum Gasteiger partial charge on any atom is 0.379 e. The van der Waals surface area contributed by atoms with Gasteiger partial charge in [0.05, 0.1) is 12.5 Å². The Morgan fingerprint density at radius 1 is 0.978 bits per heavy atom. The van der Waals surface area contributed by atoms with Gasteiger partial charge in [-0.25, -0.2) is 9.18 Å². The van der Waals surface area contributed by atoms with Crippen LogP contribution >= 0.6 is 0 Å². The SMILES string of the molecule is CCOc1cc(C2C(C#N)=C(N)Oc3cc(OC(=O)c4oc5cc(C)ccc5c4C)ccc32)ccc1OCc1ccc(F)cc1. The number of rotatable bonds is 8. The van der Waals surface area contributed by atoms with Gasteiger partial charge in [0.2, 0.25) is 11.6 Å². The molecule has 1 unspecified atom stereocenters. The van der Waals surface area contributed by atoms with Crippen LogP contribution in [0.3, 0.4) is 0 Å². The molecule has 4 aromatic carbocycles. The predicted octanol–water partition coefficient (Wildman–Crippen LogP) is 7.60. The molecule has 0 spiro atoms. The van der Waals surface area contributed by atoms with Gasteiger partial charge in [0.25, 0.3) is 0 Å². The van der Waals surface area contributed by atoms with Crippen LogP contribution in [0.1, 0.15) is 51.2 Å². The Morgan fingerprint density at radius 3 is 2.53 bits per heavy atom. The van der Waals surface area contributed by atoms with Crippen LogP contribution in [-0.4, -0.2) is 12.6 Å². The number of nitriles is 1. The molecule has 6 rings (SSSR count). The molecule has 1 aliphatic heterocycles. The van der Waals surface area contributed by atoms with Crippen molar-refractivity contribution in [1.29, 1.82) is 5.26 Å². The Morgan fingerprint density at radius 2 is 1.78 bits per heavy atom. The number of furan rings is 1. The summed E-state index contributed by atoms with van der Waals surface area (Å²) in [4.78, 5) is 13.1. The molecule has 0 saturated heterocycles. The highest BCUT2D eigenvalue weighted by molar-refractivity contribution is 5.97. The van der Waals surface area contributed by atoms with Crippen LogP contribution in [0.15, 0.2) is 94.7 Å². The summed E-state index contributed by atoms with van der Waals surface area (Å²) in [6, 6.07) is 24.3. The summed E-state index contributed by atoms with van der Waals surface area (Å²) >= 11 is 0. The quantitative estimate of drug-likeness (QED) is 0.142. The zero-order valence-electron chi connectivity index (χ0n) is 24.8. The van der Waals surface area contributed by atoms with E-state index in [1.165, 1.54) is 12.1 Å². The molecule has 0 fully saturated rings. The monoisotopic (exact) mass is 604 g/mol. The fourth-order valence-electron chi connectivity index (χ4n) is 5.36. The lowest BCUT2D eigenvalue weighted by molar-refractivity contribution is 0.0702. The average Bonchev–Trinajstić information content (AvgIpc) is 3.35. The summed E-state index contributed by atoms with van der Waals surface area (Å²) < 4.78 is 42.5. The third-order valence-electron chi connectivity index (χ3n) is 7.59. The molecule has 2 heterocycles. The zero-order valence-corrected chi connectivity index (χ0v) is 24.8. The molecule has 2 N–H and O–H groups in total. The molecule has 9 heteroatoms. The summed E-state index contributed by atoms with van der Waals surface area (Å²) in [6.45, 7) is 6.20. The molecular weight excluding hydrogens is 575 g/mol. The number of nitrogens with two attached hydrogens (primary N) is 1. The van der Waals surface area contributed by atoms with Gasteiger partial charge < -0.3 is 29.1 Å². The molecule has 0 saturated carbocycles. The molecule has 8 nitrogen and oxygen atoms in total. The molecule has 45 heavy (non-hydrogen) atoms. The van der Waals surface area contributed by atoms with E-state index in [2.05, 4.69) is 6.07 Å². The van der Waals surface area contributed by atoms with Crippen molar-refractivity contribution < 1.29 is 32.5 Å². The van der Waals surface area contributed by atoms with E-state index < -0.39 is 11.9 Å². The van der Waals surface area contributed by atoms with Gasteiger partial charge in [0.1, 0.15) is 41.1 Å². The van der Waals surface area contributed by atoms with Gasteiger partial charge >= 0.3 is 5.97 Å². The summed E-state index contributed by atoms with van der Waals surface area (Å²) in [6.07, 6.45) is 0. The van der Waals surface area contributed by atoms with Crippen LogP contribution in [0, 0.1) is 31.0 Å². The molecule has 0 amide bonds. The minimum Gasteiger partial charge on any atom is -0.490 e. The normalized spacial score (nSPS) is 14.0. The summed E-state index contributed by atoms with van der Waals surface area (Å²) in [7, 11) is 0. The summed E-state index contributed by atoms with van der Waals surface area (Å²) in [5.41, 5.74) is 10.9. The van der Waals surface area contributed by atoms with Gasteiger partial charge in [-0.05, 0) is 73.9 Å². The van der Waals surface area contributed by atoms with Crippen LogP contribution in [0.4, 0.5) is 4.39 Å². The Labute approximate surface area is 259 Å². The number of esters is 1. The minimum atomic E-state index is -0.646. The van der Waals surface area contributed by atoms with Crippen molar-refractivity contribution >= 4 is 16.9 Å². The van der Waals surface area contributed by atoms with Crippen molar-refractivity contribution in [3.05, 3.63) is 130 Å². The molecule has 0 bridgehead atoms. The number of aryl methyl sites for hydroxylation is 2. The number of hydrogen-bond donors (Lipinski definition) is 1. The standard InChI is InChI=1S/C36H29FN2O6/c1-4-41-32-16-23(8-14-29(32)42-19-22-6-9-24(37)10-7-22)33-27-13-11-25(17-31(27)45-35(39)28(33)18-38)43-36(40)34-21(3)26-12-5-20(2)15-30(26)44-34/h5-17,33H,4,19,39H2,1-3H3. The molecule has 1 aliphatic rings. The van der Waals surface area contributed by atoms with E-state index in [1.54, 1.807) is 42.5 Å². The smallest absolute Gasteiger partial charge is 0.379 e. The Hall–Kier alpha value is -5.75. The van der Waals surface area contributed by atoms with Gasteiger partial charge in [0.15, 0.2) is 11.5 Å². The highest BCUT2D eigenvalue weighted by Crippen LogP contribution is 2.45. The lowest BCUT2D eigenvalue weighted by Gasteiger charge is -2.27. The first kappa shape index (κ1) is 29.3. The minimum absolute atomic E-state index is 0.0587. The molecule has 5 aromatic rings. The number of nitrogens with zero attached hydrogens (tertiary/aromatic N) is 1. The molecule has 0 radical (unpaired) electrons. The van der Waals surface area contributed by atoms with Crippen molar-refractivity contribution in [2.75, 3.05) is 6.61 Å². The number of allylic oxidation sites excluding steroid dienone is 1. The maximum atomic E-state index is 13.3. The first-order valence-electron chi connectivity index (χ1n) is 14.3. The fraction of sp³-hybridized carbons (Fsp3) is 0.167. The number of carbonyl (C=O) groups is 1. The third-order valence-corrected chi connectivity index (χ3v) is 7.59. The van der Waals surface area contributed by atoms with Crippen LogP contribution in [0.5, 0.6) is 23.0 Å². The predicted molar refractivity (Wildman–Crippen MR) is 165 cm³/mol. The maximum absolute atomic E-state index is 13.3. The van der Waals surface area contributed by atoms with E-state index in [4.69, 9.17) is 29.1 Å². The summed E-state index contributed by atoms with van der Waals surface area (Å²) in [5, 5.41) is 10.9. The van der Waals surface area contributed by atoms with E-state index in [0.717, 1.165) is 22.1 Å². The van der Waals surface area contributed by atoms with Crippen LogP contribution in [0.2, 0.25) is 0 Å². The number of fused-ring (bicyclic) bond motifs is 2. The van der Waals surface area contributed by atoms with E-state index in [9.17, 15) is 14.4 Å². The molecule has 226 valence electrons. The second kappa shape index (κ2) is 12.1. The highest BCUT2D eigenvalue weighted by Gasteiger charge is 2.32. The lowest BCUT2D eigenvalue weighted by atomic mass is 9.83. The fourth-order valence-corrected chi connectivity index (χ4v) is 5.36. The van der Waals surface area contributed by atoms with Gasteiger partial charge in [-0.2, -0.15) is 5.26 Å². The van der Waals surface area contributed by atoms with Crippen molar-refractivity contribution in [3.8, 4) is 29.1 Å². The summed E-state index contributed by atoms with van der Waals surface area (Å²) in [5.74, 6) is 0.0305. The molecular formula is C36H29FN2O6. The van der Waals surface area contributed by atoms with Crippen molar-refractivity contribution in [1.82, 2.24) is 0 Å². The van der Waals surface area contributed by atoms with Crippen LogP contribution in [-0.2, 0) is 6.61 Å². The first-order chi connectivity index (χ1) is 21.7. The largest absolute Gasteiger partial charge is 0.490 e. The van der Waals surface area contributed by atoms with Gasteiger partial charge in [-0.3, -0.25) is 0 Å². The van der Waals surface area contributed by atoms with E-state index >= 15 is 0 Å². The van der Waals surface area contributed by atoms with E-state index in [0.29, 0.717) is 40.6 Å². The second-order valence-corrected chi connectivity index (χ2v) is 10.6. The first-order valence-corrected chi connectivity index (χ1v) is 14.3. The topological polar surface area (TPSA) is 117 Å². The third kappa shape index (κ3) is 5.78. The van der Waals surface area contributed by atoms with E-state index in [1.807, 2.05) is 45.0 Å². The number of hydrogen-bond acceptors (Lipinski definition) is 8. The van der Waals surface area contributed by atoms with Gasteiger partial charge in [0, 0.05) is 22.6 Å². The number of benzene rings is 4. The number of carbonyl (C=O) groups excluding carboxylic acids is 1. The number of ether oxygens (including phenoxy) is 4. The second-order valence-electron chi connectivity index (χ2n) is 10.6. The van der Waals surface area contributed by atoms with Gasteiger partial charge in [-0.1, -0.05) is 36.4 Å². The lowest BCUT2D eigenvalue weighted by Crippen LogP contribution is -2.21. The Kier molecular flexibility index (Phi) is 7.88. The van der Waals surface area contributed by atoms with Crippen molar-refractivity contribution in [2.24, 2.45) is 5.73 Å². The molecule has 0 aliphatic carbocycles. The Balaban J connectivity index is 1.29. The highest BCUT2D eigenvalue weighted by atomic mass is 19.1. The molecule has 1 atom stereocenters. The average molecular weight is 605 g/mol. The Bertz CT molecular complexity index is 2010.